The van der Waals surface area contributed by atoms with Gasteiger partial charge in [0.2, 0.25) is 5.91 Å². The van der Waals surface area contributed by atoms with Gasteiger partial charge in [0.15, 0.2) is 12.4 Å². The van der Waals surface area contributed by atoms with Gasteiger partial charge in [0.25, 0.3) is 0 Å². The number of ether oxygens (including phenoxy) is 3. The topological polar surface area (TPSA) is 175 Å². The monoisotopic (exact) mass is 1010 g/mol. The van der Waals surface area contributed by atoms with Crippen molar-refractivity contribution in [3.63, 3.8) is 0 Å². The van der Waals surface area contributed by atoms with Crippen molar-refractivity contribution in [1.82, 2.24) is 5.32 Å². The number of rotatable bonds is 48. The first-order valence-corrected chi connectivity index (χ1v) is 29.2. The smallest absolute Gasteiger partial charge is 0.306 e. The zero-order chi connectivity index (χ0) is 52.5. The molecule has 1 fully saturated rings. The van der Waals surface area contributed by atoms with Crippen molar-refractivity contribution in [2.24, 2.45) is 0 Å². The molecule has 0 aromatic rings. The van der Waals surface area contributed by atoms with Crippen LogP contribution in [0.2, 0.25) is 0 Å². The first kappa shape index (κ1) is 67.1. The van der Waals surface area contributed by atoms with Crippen LogP contribution in [0.3, 0.4) is 0 Å². The maximum atomic E-state index is 13.3. The molecule has 1 amide bonds. The molecule has 8 unspecified atom stereocenters. The van der Waals surface area contributed by atoms with Gasteiger partial charge >= 0.3 is 5.97 Å². The summed E-state index contributed by atoms with van der Waals surface area (Å²) in [5.41, 5.74) is 0. The molecule has 1 saturated heterocycles. The van der Waals surface area contributed by atoms with Crippen LogP contribution in [0.4, 0.5) is 0 Å². The van der Waals surface area contributed by atoms with Gasteiger partial charge in [-0.25, -0.2) is 0 Å². The van der Waals surface area contributed by atoms with E-state index < -0.39 is 67.4 Å². The van der Waals surface area contributed by atoms with Gasteiger partial charge in [-0.15, -0.1) is 0 Å². The Morgan fingerprint density at radius 2 is 0.972 bits per heavy atom. The minimum Gasteiger partial charge on any atom is -0.454 e. The van der Waals surface area contributed by atoms with Gasteiger partial charge in [-0.05, 0) is 89.9 Å². The quantitative estimate of drug-likeness (QED) is 0.0195. The fraction of sp³-hybridized carbons (Fsp3) is 0.770. The van der Waals surface area contributed by atoms with Crippen LogP contribution < -0.4 is 5.32 Å². The number of allylic oxidation sites excluding steroid dienone is 11. The van der Waals surface area contributed by atoms with Crippen LogP contribution >= 0.6 is 0 Å². The number of carbonyl (C=O) groups is 2. The lowest BCUT2D eigenvalue weighted by molar-refractivity contribution is -0.305. The van der Waals surface area contributed by atoms with E-state index in [2.05, 4.69) is 86.8 Å². The van der Waals surface area contributed by atoms with E-state index in [1.807, 2.05) is 6.08 Å². The number of esters is 1. The van der Waals surface area contributed by atoms with Gasteiger partial charge in [0, 0.05) is 6.42 Å². The number of nitrogens with one attached hydrogen (secondary N) is 1. The molecule has 11 nitrogen and oxygen atoms in total. The highest BCUT2D eigenvalue weighted by molar-refractivity contribution is 5.80. The number of hydrogen-bond donors (Lipinski definition) is 6. The van der Waals surface area contributed by atoms with E-state index in [0.717, 1.165) is 103 Å². The third-order valence-electron chi connectivity index (χ3n) is 13.3. The summed E-state index contributed by atoms with van der Waals surface area (Å²) in [5.74, 6) is -1.23. The highest BCUT2D eigenvalue weighted by Crippen LogP contribution is 2.26. The number of amides is 1. The molecule has 0 aliphatic carbocycles. The maximum Gasteiger partial charge on any atom is 0.306 e. The van der Waals surface area contributed by atoms with E-state index in [0.29, 0.717) is 12.8 Å². The second-order valence-corrected chi connectivity index (χ2v) is 20.0. The standard InChI is InChI=1S/C61H107NO10/c1-4-7-10-13-16-19-22-24-25-26-27-28-29-30-31-32-34-37-40-43-46-49-56(66)72-59-58(68)57(67)55(50-63)71-61(59)70-51-52(53(64)47-44-41-38-36-33-23-20-17-14-11-8-5-2)62-60(69)54(65)48-45-42-39-35-21-18-15-12-9-6-3/h15-16,18-19,24-25,27-28,30-31,44,47,52-55,57-59,61,63-65,67-68H,4-14,17,20-23,26,29,32-43,45-46,48-51H2,1-3H3,(H,62,69)/b18-15-,19-16-,25-24-,28-27-,31-30-,47-44+. The molecule has 0 saturated carbocycles. The first-order valence-electron chi connectivity index (χ1n) is 29.2. The molecule has 0 bridgehead atoms. The molecule has 416 valence electrons. The largest absolute Gasteiger partial charge is 0.454 e. The molecule has 1 aliphatic rings. The number of carbonyl (C=O) groups excluding carboxylic acids is 2. The van der Waals surface area contributed by atoms with Crippen molar-refractivity contribution < 1.29 is 49.3 Å². The number of aliphatic hydroxyl groups is 5. The average Bonchev–Trinajstić information content (AvgIpc) is 3.38. The summed E-state index contributed by atoms with van der Waals surface area (Å²) >= 11 is 0. The molecule has 6 N–H and O–H groups in total. The fourth-order valence-corrected chi connectivity index (χ4v) is 8.61. The van der Waals surface area contributed by atoms with E-state index in [4.69, 9.17) is 14.2 Å². The van der Waals surface area contributed by atoms with Crippen molar-refractivity contribution >= 4 is 11.9 Å². The lowest BCUT2D eigenvalue weighted by atomic mass is 9.99. The Morgan fingerprint density at radius 3 is 1.51 bits per heavy atom. The van der Waals surface area contributed by atoms with Crippen LogP contribution in [-0.2, 0) is 23.8 Å². The molecule has 8 atom stereocenters. The Morgan fingerprint density at radius 1 is 0.542 bits per heavy atom. The molecule has 0 radical (unpaired) electrons. The van der Waals surface area contributed by atoms with Crippen LogP contribution in [0.5, 0.6) is 0 Å². The molecule has 0 spiro atoms. The molecular formula is C61H107NO10. The van der Waals surface area contributed by atoms with Crippen LogP contribution in [0.1, 0.15) is 239 Å². The Labute approximate surface area is 439 Å². The molecule has 1 rings (SSSR count). The Kier molecular flexibility index (Phi) is 45.7. The summed E-state index contributed by atoms with van der Waals surface area (Å²) in [6.45, 7) is 5.68. The molecule has 72 heavy (non-hydrogen) atoms. The van der Waals surface area contributed by atoms with Crippen molar-refractivity contribution in [3.05, 3.63) is 72.9 Å². The second-order valence-electron chi connectivity index (χ2n) is 20.0. The highest BCUT2D eigenvalue weighted by Gasteiger charge is 2.47. The van der Waals surface area contributed by atoms with E-state index in [1.165, 1.54) is 89.9 Å². The van der Waals surface area contributed by atoms with Crippen molar-refractivity contribution in [3.8, 4) is 0 Å². The minimum absolute atomic E-state index is 0.0991. The molecule has 11 heteroatoms. The Bertz CT molecular complexity index is 1440. The summed E-state index contributed by atoms with van der Waals surface area (Å²) in [7, 11) is 0. The SMILES string of the molecule is CCCC/C=C\CCCCCCC(O)C(=O)NC(COC1OC(CO)C(O)C(O)C1OC(=O)CCCCCCC/C=C\C/C=C\C/C=C\C/C=C\CCCCC)C(O)/C=C/CCCCCCCCCCCC. The van der Waals surface area contributed by atoms with E-state index in [9.17, 15) is 35.1 Å². The lowest BCUT2D eigenvalue weighted by Gasteiger charge is -2.41. The van der Waals surface area contributed by atoms with Crippen LogP contribution in [0.25, 0.3) is 0 Å². The van der Waals surface area contributed by atoms with E-state index >= 15 is 0 Å². The molecule has 1 heterocycles. The summed E-state index contributed by atoms with van der Waals surface area (Å²) in [6.07, 6.45) is 50.9. The molecule has 0 aromatic carbocycles. The predicted molar refractivity (Wildman–Crippen MR) is 296 cm³/mol. The van der Waals surface area contributed by atoms with Gasteiger partial charge < -0.3 is 45.1 Å². The summed E-state index contributed by atoms with van der Waals surface area (Å²) in [6, 6.07) is -1.03. The number of hydrogen-bond acceptors (Lipinski definition) is 10. The minimum atomic E-state index is -1.62. The first-order chi connectivity index (χ1) is 35.2. The summed E-state index contributed by atoms with van der Waals surface area (Å²) in [5, 5.41) is 56.7. The number of aliphatic hydroxyl groups excluding tert-OH is 5. The van der Waals surface area contributed by atoms with E-state index in [-0.39, 0.29) is 19.4 Å². The van der Waals surface area contributed by atoms with Crippen LogP contribution in [0.15, 0.2) is 72.9 Å². The number of unbranched alkanes of at least 4 members (excludes halogenated alkanes) is 24. The molecule has 0 aromatic heterocycles. The van der Waals surface area contributed by atoms with Crippen molar-refractivity contribution in [1.29, 1.82) is 0 Å². The normalized spacial score (nSPS) is 20.0. The van der Waals surface area contributed by atoms with E-state index in [1.54, 1.807) is 6.08 Å². The van der Waals surface area contributed by atoms with Crippen LogP contribution in [0, 0.1) is 0 Å². The van der Waals surface area contributed by atoms with Gasteiger partial charge in [0.1, 0.15) is 24.4 Å². The molecule has 1 aliphatic heterocycles. The average molecular weight is 1010 g/mol. The van der Waals surface area contributed by atoms with Crippen LogP contribution in [-0.4, -0.2) is 99.6 Å². The Balaban J connectivity index is 2.69. The maximum absolute atomic E-state index is 13.3. The summed E-state index contributed by atoms with van der Waals surface area (Å²) in [4.78, 5) is 26.4. The van der Waals surface area contributed by atoms with Gasteiger partial charge in [-0.1, -0.05) is 216 Å². The third-order valence-corrected chi connectivity index (χ3v) is 13.3. The van der Waals surface area contributed by atoms with Gasteiger partial charge in [0.05, 0.1) is 25.4 Å². The zero-order valence-electron chi connectivity index (χ0n) is 45.8. The van der Waals surface area contributed by atoms with Gasteiger partial charge in [-0.2, -0.15) is 0 Å². The highest BCUT2D eigenvalue weighted by atomic mass is 16.7. The van der Waals surface area contributed by atoms with Crippen molar-refractivity contribution in [2.75, 3.05) is 13.2 Å². The Hall–Kier alpha value is -2.90. The predicted octanol–water partition coefficient (Wildman–Crippen LogP) is 13.2. The molecular weight excluding hydrogens is 907 g/mol. The van der Waals surface area contributed by atoms with Gasteiger partial charge in [-0.3, -0.25) is 9.59 Å². The third kappa shape index (κ3) is 36.9. The lowest BCUT2D eigenvalue weighted by Crippen LogP contribution is -2.61. The zero-order valence-corrected chi connectivity index (χ0v) is 45.8. The van der Waals surface area contributed by atoms with Crippen molar-refractivity contribution in [2.45, 2.75) is 288 Å². The second kappa shape index (κ2) is 49.0. The fourth-order valence-electron chi connectivity index (χ4n) is 8.61. The summed E-state index contributed by atoms with van der Waals surface area (Å²) < 4.78 is 17.5.